The molecular formula is C21H34O11. The summed E-state index contributed by atoms with van der Waals surface area (Å²) in [5.41, 5.74) is 0. The minimum atomic E-state index is -1.70. The fraction of sp³-hybridized carbons (Fsp3) is 0.810. The maximum absolute atomic E-state index is 10.6. The lowest BCUT2D eigenvalue weighted by molar-refractivity contribution is -0.359. The van der Waals surface area contributed by atoms with Gasteiger partial charge in [0, 0.05) is 6.61 Å². The van der Waals surface area contributed by atoms with Gasteiger partial charge in [0.05, 0.1) is 13.2 Å². The molecule has 11 heteroatoms. The van der Waals surface area contributed by atoms with Crippen LogP contribution in [0.5, 0.6) is 0 Å². The number of hydrogen-bond donors (Lipinski definition) is 7. The molecule has 11 nitrogen and oxygen atoms in total. The van der Waals surface area contributed by atoms with Crippen molar-refractivity contribution in [1.82, 2.24) is 0 Å². The van der Waals surface area contributed by atoms with E-state index in [9.17, 15) is 35.7 Å². The van der Waals surface area contributed by atoms with Gasteiger partial charge in [0.2, 0.25) is 0 Å². The summed E-state index contributed by atoms with van der Waals surface area (Å²) < 4.78 is 21.9. The molecule has 3 aliphatic rings. The fourth-order valence-electron chi connectivity index (χ4n) is 4.05. The highest BCUT2D eigenvalue weighted by atomic mass is 16.7. The molecule has 2 fully saturated rings. The Labute approximate surface area is 186 Å². The van der Waals surface area contributed by atoms with Gasteiger partial charge < -0.3 is 54.7 Å². The quantitative estimate of drug-likeness (QED) is 0.143. The molecule has 1 aliphatic carbocycles. The molecule has 2 heterocycles. The first-order valence-corrected chi connectivity index (χ1v) is 10.9. The SMILES string of the molecule is OC[C@H]1O[C@H](O[C@H]2[C@H](O)[C@@H](O)[C@H](OCCCC3C=CCC=C3)O[C@@H]2CO)[C@H](O)[C@@H](O)[C@@H]1O. The van der Waals surface area contributed by atoms with E-state index in [2.05, 4.69) is 24.3 Å². The van der Waals surface area contributed by atoms with Gasteiger partial charge in [0.1, 0.15) is 48.8 Å². The van der Waals surface area contributed by atoms with Gasteiger partial charge in [-0.2, -0.15) is 0 Å². The molecular weight excluding hydrogens is 428 g/mol. The zero-order valence-electron chi connectivity index (χ0n) is 17.7. The van der Waals surface area contributed by atoms with Crippen LogP contribution < -0.4 is 0 Å². The molecule has 0 aromatic carbocycles. The highest BCUT2D eigenvalue weighted by molar-refractivity contribution is 5.08. The predicted molar refractivity (Wildman–Crippen MR) is 108 cm³/mol. The van der Waals surface area contributed by atoms with Crippen molar-refractivity contribution in [3.05, 3.63) is 24.3 Å². The molecule has 10 atom stereocenters. The van der Waals surface area contributed by atoms with Gasteiger partial charge in [-0.3, -0.25) is 0 Å². The summed E-state index contributed by atoms with van der Waals surface area (Å²) >= 11 is 0. The number of rotatable bonds is 9. The molecule has 2 aliphatic heterocycles. The first kappa shape index (κ1) is 25.7. The van der Waals surface area contributed by atoms with Crippen LogP contribution in [0, 0.1) is 5.92 Å². The third-order valence-electron chi connectivity index (χ3n) is 5.96. The number of aliphatic hydroxyl groups is 7. The lowest BCUT2D eigenvalue weighted by Gasteiger charge is -2.45. The van der Waals surface area contributed by atoms with Crippen LogP contribution in [0.4, 0.5) is 0 Å². The highest BCUT2D eigenvalue weighted by Gasteiger charge is 2.50. The van der Waals surface area contributed by atoms with Gasteiger partial charge >= 0.3 is 0 Å². The summed E-state index contributed by atoms with van der Waals surface area (Å²) in [6, 6.07) is 0. The molecule has 0 unspecified atom stereocenters. The van der Waals surface area contributed by atoms with Crippen LogP contribution in [0.25, 0.3) is 0 Å². The molecule has 32 heavy (non-hydrogen) atoms. The molecule has 2 saturated heterocycles. The zero-order valence-corrected chi connectivity index (χ0v) is 17.7. The predicted octanol–water partition coefficient (Wildman–Crippen LogP) is -2.46. The molecule has 0 amide bonds. The van der Waals surface area contributed by atoms with Crippen LogP contribution in [0.2, 0.25) is 0 Å². The summed E-state index contributed by atoms with van der Waals surface area (Å²) in [5, 5.41) is 69.9. The second kappa shape index (κ2) is 12.0. The minimum Gasteiger partial charge on any atom is -0.394 e. The van der Waals surface area contributed by atoms with Crippen LogP contribution in [0.3, 0.4) is 0 Å². The molecule has 0 spiro atoms. The first-order chi connectivity index (χ1) is 15.4. The number of ether oxygens (including phenoxy) is 4. The van der Waals surface area contributed by atoms with E-state index in [1.54, 1.807) is 0 Å². The van der Waals surface area contributed by atoms with Crippen molar-refractivity contribution in [3.8, 4) is 0 Å². The molecule has 0 saturated carbocycles. The average Bonchev–Trinajstić information content (AvgIpc) is 2.81. The standard InChI is InChI=1S/C21H34O11/c22-9-12-14(24)15(25)17(27)21(30-12)32-19-13(10-23)31-20(18(28)16(19)26)29-8-4-7-11-5-2-1-3-6-11/h2-3,5-6,11-28H,1,4,7-10H2/t12-,13-,14-,15+,16-,17-,18-,19-,20-,21-/m1/s1. The van der Waals surface area contributed by atoms with Crippen LogP contribution in [-0.4, -0.2) is 117 Å². The highest BCUT2D eigenvalue weighted by Crippen LogP contribution is 2.29. The van der Waals surface area contributed by atoms with Crippen molar-refractivity contribution in [3.63, 3.8) is 0 Å². The van der Waals surface area contributed by atoms with Crippen LogP contribution in [-0.2, 0) is 18.9 Å². The lowest BCUT2D eigenvalue weighted by Crippen LogP contribution is -2.64. The fourth-order valence-corrected chi connectivity index (χ4v) is 4.05. The van der Waals surface area contributed by atoms with Crippen LogP contribution in [0.1, 0.15) is 19.3 Å². The van der Waals surface area contributed by atoms with Crippen molar-refractivity contribution in [2.24, 2.45) is 5.92 Å². The maximum Gasteiger partial charge on any atom is 0.187 e. The Kier molecular flexibility index (Phi) is 9.58. The summed E-state index contributed by atoms with van der Waals surface area (Å²) in [5.74, 6) is 0.330. The monoisotopic (exact) mass is 462 g/mol. The summed E-state index contributed by atoms with van der Waals surface area (Å²) in [6.07, 6.45) is -3.54. The van der Waals surface area contributed by atoms with Crippen molar-refractivity contribution < 1.29 is 54.7 Å². The van der Waals surface area contributed by atoms with E-state index in [1.165, 1.54) is 0 Å². The van der Waals surface area contributed by atoms with Gasteiger partial charge in [-0.15, -0.1) is 0 Å². The smallest absolute Gasteiger partial charge is 0.187 e. The summed E-state index contributed by atoms with van der Waals surface area (Å²) in [7, 11) is 0. The Morgan fingerprint density at radius 2 is 1.38 bits per heavy atom. The second-order valence-corrected chi connectivity index (χ2v) is 8.27. The van der Waals surface area contributed by atoms with Crippen molar-refractivity contribution in [2.75, 3.05) is 19.8 Å². The third kappa shape index (κ3) is 5.93. The Bertz CT molecular complexity index is 613. The maximum atomic E-state index is 10.6. The second-order valence-electron chi connectivity index (χ2n) is 8.27. The van der Waals surface area contributed by atoms with E-state index in [1.807, 2.05) is 0 Å². The Hall–Kier alpha value is -0.960. The van der Waals surface area contributed by atoms with Gasteiger partial charge in [0.25, 0.3) is 0 Å². The van der Waals surface area contributed by atoms with Gasteiger partial charge in [0.15, 0.2) is 12.6 Å². The van der Waals surface area contributed by atoms with E-state index in [0.29, 0.717) is 12.3 Å². The van der Waals surface area contributed by atoms with E-state index in [4.69, 9.17) is 18.9 Å². The minimum absolute atomic E-state index is 0.267. The van der Waals surface area contributed by atoms with Crippen molar-refractivity contribution in [2.45, 2.75) is 80.7 Å². The topological polar surface area (TPSA) is 179 Å². The third-order valence-corrected chi connectivity index (χ3v) is 5.96. The van der Waals surface area contributed by atoms with Crippen LogP contribution in [0.15, 0.2) is 24.3 Å². The Morgan fingerprint density at radius 1 is 0.750 bits per heavy atom. The zero-order chi connectivity index (χ0) is 23.3. The molecule has 184 valence electrons. The average molecular weight is 462 g/mol. The molecule has 7 N–H and O–H groups in total. The largest absolute Gasteiger partial charge is 0.394 e. The molecule has 0 aromatic heterocycles. The normalized spacial score (nSPS) is 43.0. The molecule has 3 rings (SSSR count). The van der Waals surface area contributed by atoms with Crippen LogP contribution >= 0.6 is 0 Å². The van der Waals surface area contributed by atoms with E-state index in [-0.39, 0.29) is 6.61 Å². The van der Waals surface area contributed by atoms with E-state index in [0.717, 1.165) is 12.8 Å². The Balaban J connectivity index is 1.54. The lowest BCUT2D eigenvalue weighted by atomic mass is 9.97. The number of aliphatic hydroxyl groups excluding tert-OH is 7. The first-order valence-electron chi connectivity index (χ1n) is 10.9. The van der Waals surface area contributed by atoms with Gasteiger partial charge in [-0.05, 0) is 25.2 Å². The molecule has 0 aromatic rings. The van der Waals surface area contributed by atoms with Crippen molar-refractivity contribution in [1.29, 1.82) is 0 Å². The van der Waals surface area contributed by atoms with E-state index < -0.39 is 74.6 Å². The van der Waals surface area contributed by atoms with Gasteiger partial charge in [-0.1, -0.05) is 24.3 Å². The summed E-state index contributed by atoms with van der Waals surface area (Å²) in [4.78, 5) is 0. The van der Waals surface area contributed by atoms with Gasteiger partial charge in [-0.25, -0.2) is 0 Å². The Morgan fingerprint density at radius 3 is 2.03 bits per heavy atom. The molecule has 0 bridgehead atoms. The number of hydrogen-bond acceptors (Lipinski definition) is 11. The number of allylic oxidation sites excluding steroid dienone is 4. The summed E-state index contributed by atoms with van der Waals surface area (Å²) in [6.45, 7) is -0.977. The molecule has 0 radical (unpaired) electrons. The van der Waals surface area contributed by atoms with E-state index >= 15 is 0 Å². The van der Waals surface area contributed by atoms with Crippen molar-refractivity contribution >= 4 is 0 Å².